The van der Waals surface area contributed by atoms with Gasteiger partial charge in [0.25, 0.3) is 0 Å². The van der Waals surface area contributed by atoms with Gasteiger partial charge in [-0.25, -0.2) is 0 Å². The quantitative estimate of drug-likeness (QED) is 0.815. The average molecular weight is 256 g/mol. The van der Waals surface area contributed by atoms with Crippen LogP contribution < -0.4 is 5.32 Å². The number of carbonyl (C=O) groups is 1. The fourth-order valence-corrected chi connectivity index (χ4v) is 1.74. The van der Waals surface area contributed by atoms with Crippen LogP contribution in [0.25, 0.3) is 10.9 Å². The fraction of sp³-hybridized carbons (Fsp3) is 0.312. The molecule has 0 aliphatic rings. The van der Waals surface area contributed by atoms with Crippen molar-refractivity contribution in [3.8, 4) is 11.8 Å². The van der Waals surface area contributed by atoms with Crippen LogP contribution in [0.4, 0.5) is 0 Å². The zero-order chi connectivity index (χ0) is 14.1. The van der Waals surface area contributed by atoms with Gasteiger partial charge in [0.1, 0.15) is 0 Å². The number of hydrogen-bond donors (Lipinski definition) is 2. The summed E-state index contributed by atoms with van der Waals surface area (Å²) in [7, 11) is 0. The summed E-state index contributed by atoms with van der Waals surface area (Å²) in [6.07, 6.45) is 2.27. The number of rotatable bonds is 3. The van der Waals surface area contributed by atoms with Crippen LogP contribution in [-0.2, 0) is 11.2 Å². The van der Waals surface area contributed by atoms with Gasteiger partial charge >= 0.3 is 0 Å². The van der Waals surface area contributed by atoms with E-state index in [1.807, 2.05) is 44.3 Å². The van der Waals surface area contributed by atoms with E-state index < -0.39 is 0 Å². The Hall–Kier alpha value is -2.21. The van der Waals surface area contributed by atoms with Crippen molar-refractivity contribution in [1.82, 2.24) is 10.3 Å². The molecule has 2 aromatic rings. The molecule has 19 heavy (non-hydrogen) atoms. The summed E-state index contributed by atoms with van der Waals surface area (Å²) in [5, 5.41) is 3.86. The summed E-state index contributed by atoms with van der Waals surface area (Å²) in [6.45, 7) is 6.17. The molecular weight excluding hydrogens is 236 g/mol. The first-order valence-corrected chi connectivity index (χ1v) is 6.52. The number of fused-ring (bicyclic) bond motifs is 1. The number of carbonyl (C=O) groups excluding carboxylic acids is 1. The van der Waals surface area contributed by atoms with Crippen molar-refractivity contribution in [3.63, 3.8) is 0 Å². The third-order valence-electron chi connectivity index (χ3n) is 2.58. The Morgan fingerprint density at radius 1 is 1.32 bits per heavy atom. The first-order chi connectivity index (χ1) is 9.31. The molecule has 100 valence electrons. The molecule has 0 unspecified atom stereocenters. The summed E-state index contributed by atoms with van der Waals surface area (Å²) >= 11 is 0. The molecule has 1 aromatic heterocycles. The highest BCUT2D eigenvalue weighted by Crippen LogP contribution is 2.17. The van der Waals surface area contributed by atoms with Crippen LogP contribution in [-0.4, -0.2) is 17.4 Å². The second-order valence-corrected chi connectivity index (χ2v) is 3.74. The van der Waals surface area contributed by atoms with Crippen molar-refractivity contribution >= 4 is 16.8 Å². The first kappa shape index (κ1) is 14.8. The summed E-state index contributed by atoms with van der Waals surface area (Å²) in [5.74, 6) is 5.54. The third-order valence-corrected chi connectivity index (χ3v) is 2.58. The van der Waals surface area contributed by atoms with Crippen molar-refractivity contribution in [2.75, 3.05) is 6.54 Å². The van der Waals surface area contributed by atoms with E-state index in [0.717, 1.165) is 16.5 Å². The SMILES string of the molecule is CC.CC#CCNC(=O)Cc1c[nH]c2ccccc12. The predicted molar refractivity (Wildman–Crippen MR) is 79.8 cm³/mol. The number of para-hydroxylation sites is 1. The van der Waals surface area contributed by atoms with Crippen molar-refractivity contribution in [1.29, 1.82) is 0 Å². The highest BCUT2D eigenvalue weighted by Gasteiger charge is 2.07. The minimum Gasteiger partial charge on any atom is -0.361 e. The molecule has 3 heteroatoms. The normalized spacial score (nSPS) is 9.00. The highest BCUT2D eigenvalue weighted by atomic mass is 16.1. The Bertz CT molecular complexity index is 587. The first-order valence-electron chi connectivity index (χ1n) is 6.52. The van der Waals surface area contributed by atoms with Gasteiger partial charge in [0, 0.05) is 17.1 Å². The molecule has 2 N–H and O–H groups in total. The van der Waals surface area contributed by atoms with Crippen LogP contribution in [0.1, 0.15) is 26.3 Å². The van der Waals surface area contributed by atoms with Crippen LogP contribution in [0.5, 0.6) is 0 Å². The van der Waals surface area contributed by atoms with Gasteiger partial charge in [-0.2, -0.15) is 0 Å². The molecule has 0 atom stereocenters. The van der Waals surface area contributed by atoms with Crippen LogP contribution in [0.15, 0.2) is 30.5 Å². The number of aromatic amines is 1. The molecule has 3 nitrogen and oxygen atoms in total. The number of amides is 1. The molecular formula is C16H20N2O. The zero-order valence-electron chi connectivity index (χ0n) is 11.7. The molecule has 0 fully saturated rings. The summed E-state index contributed by atoms with van der Waals surface area (Å²) in [5.41, 5.74) is 2.08. The molecule has 0 aliphatic carbocycles. The minimum atomic E-state index is -0.00231. The van der Waals surface area contributed by atoms with E-state index in [-0.39, 0.29) is 5.91 Å². The maximum absolute atomic E-state index is 11.6. The molecule has 0 aliphatic heterocycles. The van der Waals surface area contributed by atoms with E-state index in [0.29, 0.717) is 13.0 Å². The summed E-state index contributed by atoms with van der Waals surface area (Å²) in [6, 6.07) is 7.96. The molecule has 2 rings (SSSR count). The van der Waals surface area contributed by atoms with E-state index >= 15 is 0 Å². The monoisotopic (exact) mass is 256 g/mol. The lowest BCUT2D eigenvalue weighted by Crippen LogP contribution is -2.25. The average Bonchev–Trinajstić information content (AvgIpc) is 2.85. The smallest absolute Gasteiger partial charge is 0.225 e. The van der Waals surface area contributed by atoms with Gasteiger partial charge in [-0.15, -0.1) is 5.92 Å². The number of aromatic nitrogens is 1. The lowest BCUT2D eigenvalue weighted by molar-refractivity contribution is -0.120. The van der Waals surface area contributed by atoms with E-state index in [1.165, 1.54) is 0 Å². The maximum Gasteiger partial charge on any atom is 0.225 e. The topological polar surface area (TPSA) is 44.9 Å². The second kappa shape index (κ2) is 7.99. The lowest BCUT2D eigenvalue weighted by atomic mass is 10.1. The Kier molecular flexibility index (Phi) is 6.25. The highest BCUT2D eigenvalue weighted by molar-refractivity contribution is 5.88. The van der Waals surface area contributed by atoms with Gasteiger partial charge in [0.2, 0.25) is 5.91 Å². The van der Waals surface area contributed by atoms with Gasteiger partial charge in [-0.05, 0) is 18.6 Å². The maximum atomic E-state index is 11.6. The number of nitrogens with one attached hydrogen (secondary N) is 2. The molecule has 1 amide bonds. The summed E-state index contributed by atoms with van der Waals surface area (Å²) < 4.78 is 0. The van der Waals surface area contributed by atoms with Crippen molar-refractivity contribution in [3.05, 3.63) is 36.0 Å². The minimum absolute atomic E-state index is 0.00231. The standard InChI is InChI=1S/C14H14N2O.C2H6/c1-2-3-8-15-14(17)9-11-10-16-13-7-5-4-6-12(11)13;1-2/h4-7,10,16H,8-9H2,1H3,(H,15,17);1-2H3. The number of hydrogen-bond acceptors (Lipinski definition) is 1. The molecule has 1 aromatic carbocycles. The van der Waals surface area contributed by atoms with Crippen LogP contribution in [0.3, 0.4) is 0 Å². The lowest BCUT2D eigenvalue weighted by Gasteiger charge is -2.00. The molecule has 0 spiro atoms. The Morgan fingerprint density at radius 3 is 2.79 bits per heavy atom. The second-order valence-electron chi connectivity index (χ2n) is 3.74. The van der Waals surface area contributed by atoms with Crippen molar-refractivity contribution < 1.29 is 4.79 Å². The Morgan fingerprint density at radius 2 is 2.05 bits per heavy atom. The van der Waals surface area contributed by atoms with E-state index in [4.69, 9.17) is 0 Å². The van der Waals surface area contributed by atoms with Gasteiger partial charge in [-0.3, -0.25) is 4.79 Å². The fourth-order valence-electron chi connectivity index (χ4n) is 1.74. The molecule has 0 bridgehead atoms. The predicted octanol–water partition coefficient (Wildman–Crippen LogP) is 2.88. The van der Waals surface area contributed by atoms with Gasteiger partial charge in [0.15, 0.2) is 0 Å². The number of H-pyrrole nitrogens is 1. The van der Waals surface area contributed by atoms with E-state index in [9.17, 15) is 4.79 Å². The Balaban J connectivity index is 0.000000861. The molecule has 1 heterocycles. The van der Waals surface area contributed by atoms with Crippen LogP contribution >= 0.6 is 0 Å². The van der Waals surface area contributed by atoms with Gasteiger partial charge in [-0.1, -0.05) is 38.0 Å². The third kappa shape index (κ3) is 4.18. The van der Waals surface area contributed by atoms with Crippen molar-refractivity contribution in [2.24, 2.45) is 0 Å². The number of benzene rings is 1. The van der Waals surface area contributed by atoms with Gasteiger partial charge in [0.05, 0.1) is 13.0 Å². The Labute approximate surface area is 114 Å². The van der Waals surface area contributed by atoms with Gasteiger partial charge < -0.3 is 10.3 Å². The molecule has 0 saturated carbocycles. The largest absolute Gasteiger partial charge is 0.361 e. The summed E-state index contributed by atoms with van der Waals surface area (Å²) in [4.78, 5) is 14.8. The van der Waals surface area contributed by atoms with Crippen molar-refractivity contribution in [2.45, 2.75) is 27.2 Å². The van der Waals surface area contributed by atoms with Crippen LogP contribution in [0.2, 0.25) is 0 Å². The van der Waals surface area contributed by atoms with Crippen LogP contribution in [0, 0.1) is 11.8 Å². The molecule has 0 saturated heterocycles. The van der Waals surface area contributed by atoms with E-state index in [1.54, 1.807) is 6.92 Å². The molecule has 0 radical (unpaired) electrons. The van der Waals surface area contributed by atoms with E-state index in [2.05, 4.69) is 22.1 Å². The zero-order valence-corrected chi connectivity index (χ0v) is 11.7.